The standard InChI is InChI=1S/2C30H48O3S.Ca/c2*1-3-5-7-9-11-13-15-17-20-26-24-27(21-18-16-14-12-10-8-6-4-2)30-28(25-26)22-19-23-29(30)34(31,32)33;/h2*19,22-25H,3-18,20-21H2,1-2H3,(H,31,32,33);/q;;+2/p-2. The molecule has 0 fully saturated rings. The number of unbranched alkanes of at least 4 members (excludes halogenated alkanes) is 28. The molecule has 0 bridgehead atoms. The van der Waals surface area contributed by atoms with Crippen molar-refractivity contribution in [3.63, 3.8) is 0 Å². The molecule has 384 valence electrons. The van der Waals surface area contributed by atoms with Gasteiger partial charge in [-0.3, -0.25) is 0 Å². The van der Waals surface area contributed by atoms with Crippen molar-refractivity contribution in [1.82, 2.24) is 0 Å². The predicted molar refractivity (Wildman–Crippen MR) is 295 cm³/mol. The van der Waals surface area contributed by atoms with Gasteiger partial charge in [-0.05, 0) is 96.5 Å². The number of hydrogen-bond donors (Lipinski definition) is 0. The summed E-state index contributed by atoms with van der Waals surface area (Å²) < 4.78 is 71.8. The molecule has 4 rings (SSSR count). The molecule has 4 aromatic rings. The van der Waals surface area contributed by atoms with Gasteiger partial charge in [-0.15, -0.1) is 0 Å². The van der Waals surface area contributed by atoms with Gasteiger partial charge in [-0.2, -0.15) is 0 Å². The summed E-state index contributed by atoms with van der Waals surface area (Å²) in [6, 6.07) is 18.8. The van der Waals surface area contributed by atoms with Gasteiger partial charge >= 0.3 is 37.7 Å². The summed E-state index contributed by atoms with van der Waals surface area (Å²) in [4.78, 5) is -0.114. The largest absolute Gasteiger partial charge is 2.00 e. The molecule has 0 radical (unpaired) electrons. The van der Waals surface area contributed by atoms with Gasteiger partial charge in [-0.1, -0.05) is 256 Å². The third-order valence-electron chi connectivity index (χ3n) is 13.9. The fourth-order valence-electron chi connectivity index (χ4n) is 10.0. The van der Waals surface area contributed by atoms with Gasteiger partial charge in [0.05, 0.1) is 9.79 Å². The maximum atomic E-state index is 12.0. The van der Waals surface area contributed by atoms with Gasteiger partial charge in [0.15, 0.2) is 0 Å². The van der Waals surface area contributed by atoms with E-state index in [0.717, 1.165) is 86.1 Å². The first-order valence-electron chi connectivity index (χ1n) is 27.9. The topological polar surface area (TPSA) is 114 Å². The van der Waals surface area contributed by atoms with Gasteiger partial charge in [0.2, 0.25) is 0 Å². The van der Waals surface area contributed by atoms with Crippen molar-refractivity contribution in [2.45, 2.75) is 269 Å². The first-order valence-corrected chi connectivity index (χ1v) is 30.8. The van der Waals surface area contributed by atoms with Crippen LogP contribution in [0.25, 0.3) is 21.5 Å². The smallest absolute Gasteiger partial charge is 0.744 e. The summed E-state index contributed by atoms with van der Waals surface area (Å²) in [5.74, 6) is 0. The zero-order valence-corrected chi connectivity index (χ0v) is 48.0. The molecular weight excluding hydrogens is 921 g/mol. The van der Waals surface area contributed by atoms with Crippen LogP contribution < -0.4 is 0 Å². The molecule has 4 aromatic carbocycles. The Morgan fingerprint density at radius 3 is 0.841 bits per heavy atom. The van der Waals surface area contributed by atoms with Gasteiger partial charge in [0.25, 0.3) is 0 Å². The molecule has 0 aliphatic rings. The molecule has 0 aliphatic heterocycles. The summed E-state index contributed by atoms with van der Waals surface area (Å²) in [7, 11) is -8.99. The summed E-state index contributed by atoms with van der Waals surface area (Å²) >= 11 is 0. The van der Waals surface area contributed by atoms with Crippen molar-refractivity contribution in [3.8, 4) is 0 Å². The normalized spacial score (nSPS) is 11.8. The van der Waals surface area contributed by atoms with Crippen molar-refractivity contribution in [3.05, 3.63) is 82.9 Å². The van der Waals surface area contributed by atoms with E-state index in [0.29, 0.717) is 10.8 Å². The Kier molecular flexibility index (Phi) is 35.1. The molecule has 0 heterocycles. The quantitative estimate of drug-likeness (QED) is 0.0251. The van der Waals surface area contributed by atoms with Crippen LogP contribution in [0.5, 0.6) is 0 Å². The van der Waals surface area contributed by atoms with Crippen molar-refractivity contribution >= 4 is 79.5 Å². The predicted octanol–water partition coefficient (Wildman–Crippen LogP) is 17.8. The number of hydrogen-bond acceptors (Lipinski definition) is 6. The Morgan fingerprint density at radius 2 is 0.580 bits per heavy atom. The van der Waals surface area contributed by atoms with Gasteiger partial charge in [-0.25, -0.2) is 16.8 Å². The monoisotopic (exact) mass is 1010 g/mol. The van der Waals surface area contributed by atoms with Crippen LogP contribution in [0.1, 0.15) is 255 Å². The molecule has 0 N–H and O–H groups in total. The molecule has 0 aromatic heterocycles. The van der Waals surface area contributed by atoms with E-state index in [1.807, 2.05) is 12.1 Å². The van der Waals surface area contributed by atoms with Crippen molar-refractivity contribution in [2.24, 2.45) is 0 Å². The van der Waals surface area contributed by atoms with Crippen LogP contribution in [0.4, 0.5) is 0 Å². The molecule has 0 saturated carbocycles. The zero-order valence-electron chi connectivity index (χ0n) is 44.2. The molecule has 6 nitrogen and oxygen atoms in total. The zero-order chi connectivity index (χ0) is 49.3. The second-order valence-electron chi connectivity index (χ2n) is 20.0. The maximum absolute atomic E-state index is 12.0. The van der Waals surface area contributed by atoms with E-state index in [9.17, 15) is 25.9 Å². The summed E-state index contributed by atoms with van der Waals surface area (Å²) in [5.41, 5.74) is 4.61. The number of benzene rings is 4. The molecule has 0 spiro atoms. The molecule has 69 heavy (non-hydrogen) atoms. The van der Waals surface area contributed by atoms with Crippen molar-refractivity contribution in [2.75, 3.05) is 0 Å². The first-order chi connectivity index (χ1) is 32.9. The Hall–Kier alpha value is -1.52. The second-order valence-corrected chi connectivity index (χ2v) is 22.7. The van der Waals surface area contributed by atoms with Crippen molar-refractivity contribution < 1.29 is 25.9 Å². The van der Waals surface area contributed by atoms with E-state index in [4.69, 9.17) is 0 Å². The molecular formula is C60H94CaO6S2. The summed E-state index contributed by atoms with van der Waals surface area (Å²) in [5, 5.41) is 3.09. The minimum Gasteiger partial charge on any atom is -0.744 e. The van der Waals surface area contributed by atoms with Gasteiger partial charge in [0.1, 0.15) is 20.2 Å². The van der Waals surface area contributed by atoms with Crippen LogP contribution in [0.3, 0.4) is 0 Å². The second kappa shape index (κ2) is 38.1. The van der Waals surface area contributed by atoms with Crippen LogP contribution in [-0.4, -0.2) is 63.7 Å². The Balaban J connectivity index is 0.000000467. The maximum Gasteiger partial charge on any atom is 2.00 e. The van der Waals surface area contributed by atoms with Crippen LogP contribution in [0.2, 0.25) is 0 Å². The van der Waals surface area contributed by atoms with Crippen LogP contribution >= 0.6 is 0 Å². The molecule has 0 unspecified atom stereocenters. The minimum atomic E-state index is -4.50. The van der Waals surface area contributed by atoms with Crippen molar-refractivity contribution in [1.29, 1.82) is 0 Å². The van der Waals surface area contributed by atoms with E-state index >= 15 is 0 Å². The molecule has 0 amide bonds. The molecule has 0 aliphatic carbocycles. The Morgan fingerprint density at radius 1 is 0.333 bits per heavy atom. The Bertz CT molecular complexity index is 2030. The van der Waals surface area contributed by atoms with E-state index in [-0.39, 0.29) is 47.5 Å². The number of rotatable bonds is 38. The summed E-state index contributed by atoms with van der Waals surface area (Å²) in [6.45, 7) is 8.98. The van der Waals surface area contributed by atoms with Gasteiger partial charge < -0.3 is 9.11 Å². The Labute approximate surface area is 453 Å². The van der Waals surface area contributed by atoms with Crippen LogP contribution in [-0.2, 0) is 45.9 Å². The fourth-order valence-corrected chi connectivity index (χ4v) is 11.5. The minimum absolute atomic E-state index is 0. The molecule has 0 saturated heterocycles. The fraction of sp³-hybridized carbons (Fsp3) is 0.667. The first kappa shape index (κ1) is 63.6. The van der Waals surface area contributed by atoms with E-state index in [2.05, 4.69) is 52.0 Å². The van der Waals surface area contributed by atoms with E-state index in [1.54, 1.807) is 12.1 Å². The third-order valence-corrected chi connectivity index (χ3v) is 15.7. The summed E-state index contributed by atoms with van der Waals surface area (Å²) in [6.07, 6.45) is 44.3. The third kappa shape index (κ3) is 26.3. The number of fused-ring (bicyclic) bond motifs is 2. The molecule has 0 atom stereocenters. The average Bonchev–Trinajstić information content (AvgIpc) is 3.31. The average molecular weight is 1020 g/mol. The van der Waals surface area contributed by atoms with E-state index in [1.165, 1.54) is 190 Å². The van der Waals surface area contributed by atoms with Crippen LogP contribution in [0.15, 0.2) is 70.5 Å². The van der Waals surface area contributed by atoms with Crippen LogP contribution in [0, 0.1) is 0 Å². The number of aryl methyl sites for hydroxylation is 4. The SMILES string of the molecule is CCCCCCCCCCc1cc(CCCCCCCCCC)c2c(S(=O)(=O)[O-])cccc2c1.CCCCCCCCCCc1cc(CCCCCCCCCC)c2c(S(=O)(=O)[O-])cccc2c1.[Ca+2]. The van der Waals surface area contributed by atoms with Gasteiger partial charge in [0, 0.05) is 10.8 Å². The molecule has 9 heteroatoms. The van der Waals surface area contributed by atoms with E-state index < -0.39 is 20.2 Å².